The summed E-state index contributed by atoms with van der Waals surface area (Å²) in [4.78, 5) is 25.5. The molecule has 0 saturated carbocycles. The first-order chi connectivity index (χ1) is 11.1. The van der Waals surface area contributed by atoms with Crippen molar-refractivity contribution < 1.29 is 24.5 Å². The number of benzene rings is 1. The fourth-order valence-electron chi connectivity index (χ4n) is 1.96. The molecular formula is C17H24ClNO5. The first kappa shape index (κ1) is 20.4. The van der Waals surface area contributed by atoms with Gasteiger partial charge in [-0.3, -0.25) is 4.79 Å². The molecule has 134 valence electrons. The van der Waals surface area contributed by atoms with E-state index in [1.807, 2.05) is 6.92 Å². The van der Waals surface area contributed by atoms with Gasteiger partial charge in [0.05, 0.1) is 0 Å². The Hall–Kier alpha value is -1.63. The Kier molecular flexibility index (Phi) is 7.20. The van der Waals surface area contributed by atoms with Crippen LogP contribution in [0.15, 0.2) is 24.3 Å². The van der Waals surface area contributed by atoms with Crippen molar-refractivity contribution in [3.8, 4) is 0 Å². The molecule has 2 atom stereocenters. The van der Waals surface area contributed by atoms with E-state index < -0.39 is 29.7 Å². The lowest BCUT2D eigenvalue weighted by molar-refractivity contribution is -0.173. The summed E-state index contributed by atoms with van der Waals surface area (Å²) in [5, 5.41) is 20.0. The van der Waals surface area contributed by atoms with Crippen molar-refractivity contribution in [2.24, 2.45) is 0 Å². The quantitative estimate of drug-likeness (QED) is 0.597. The van der Waals surface area contributed by atoms with Gasteiger partial charge in [-0.1, -0.05) is 17.7 Å². The number of aliphatic hydroxyl groups excluding tert-OH is 2. The highest BCUT2D eigenvalue weighted by Gasteiger charge is 2.36. The van der Waals surface area contributed by atoms with E-state index in [2.05, 4.69) is 0 Å². The van der Waals surface area contributed by atoms with Crippen LogP contribution in [0.4, 0.5) is 5.69 Å². The van der Waals surface area contributed by atoms with Crippen LogP contribution in [0.1, 0.15) is 26.3 Å². The normalized spacial score (nSPS) is 14.0. The zero-order valence-electron chi connectivity index (χ0n) is 14.3. The van der Waals surface area contributed by atoms with E-state index in [-0.39, 0.29) is 12.4 Å². The average molecular weight is 358 g/mol. The van der Waals surface area contributed by atoms with Crippen molar-refractivity contribution >= 4 is 29.2 Å². The third-order valence-corrected chi connectivity index (χ3v) is 3.29. The molecule has 0 unspecified atom stereocenters. The van der Waals surface area contributed by atoms with Crippen molar-refractivity contribution in [2.45, 2.75) is 45.5 Å². The summed E-state index contributed by atoms with van der Waals surface area (Å²) < 4.78 is 4.99. The lowest BCUT2D eigenvalue weighted by atomic mass is 10.1. The first-order valence-corrected chi connectivity index (χ1v) is 8.13. The number of alkyl halides is 1. The lowest BCUT2D eigenvalue weighted by Gasteiger charge is -2.27. The van der Waals surface area contributed by atoms with E-state index in [4.69, 9.17) is 16.3 Å². The highest BCUT2D eigenvalue weighted by molar-refractivity contribution is 6.18. The molecule has 0 saturated heterocycles. The Morgan fingerprint density at radius 3 is 2.17 bits per heavy atom. The topological polar surface area (TPSA) is 87.1 Å². The van der Waals surface area contributed by atoms with Crippen LogP contribution in [-0.4, -0.2) is 52.3 Å². The van der Waals surface area contributed by atoms with E-state index in [1.165, 1.54) is 4.90 Å². The van der Waals surface area contributed by atoms with Gasteiger partial charge in [-0.25, -0.2) is 4.79 Å². The third kappa shape index (κ3) is 5.78. The second-order valence-electron chi connectivity index (χ2n) is 6.44. The molecule has 0 fully saturated rings. The highest BCUT2D eigenvalue weighted by Crippen LogP contribution is 2.18. The fourth-order valence-corrected chi connectivity index (χ4v) is 2.13. The fraction of sp³-hybridized carbons (Fsp3) is 0.529. The SMILES string of the molecule is Cc1ccc(N(CCCl)C(=O)[C@H](O)[C@@H](O)C(=O)OC(C)(C)C)cc1. The van der Waals surface area contributed by atoms with Crippen LogP contribution in [0.25, 0.3) is 0 Å². The number of carbonyl (C=O) groups is 2. The minimum Gasteiger partial charge on any atom is -0.458 e. The molecule has 2 N–H and O–H groups in total. The number of ether oxygens (including phenoxy) is 1. The van der Waals surface area contributed by atoms with Gasteiger partial charge >= 0.3 is 5.97 Å². The molecular weight excluding hydrogens is 334 g/mol. The molecule has 1 rings (SSSR count). The molecule has 0 aromatic heterocycles. The Bertz CT molecular complexity index is 567. The number of rotatable bonds is 6. The smallest absolute Gasteiger partial charge is 0.338 e. The molecule has 0 aliphatic rings. The molecule has 0 heterocycles. The molecule has 1 amide bonds. The molecule has 1 aromatic carbocycles. The van der Waals surface area contributed by atoms with Gasteiger partial charge in [0, 0.05) is 18.1 Å². The number of amides is 1. The maximum absolute atomic E-state index is 12.5. The number of aliphatic hydroxyl groups is 2. The monoisotopic (exact) mass is 357 g/mol. The van der Waals surface area contributed by atoms with Crippen LogP contribution in [-0.2, 0) is 14.3 Å². The van der Waals surface area contributed by atoms with Crippen LogP contribution < -0.4 is 4.90 Å². The van der Waals surface area contributed by atoms with Crippen molar-refractivity contribution in [3.05, 3.63) is 29.8 Å². The lowest BCUT2D eigenvalue weighted by Crippen LogP contribution is -2.49. The van der Waals surface area contributed by atoms with E-state index in [1.54, 1.807) is 45.0 Å². The molecule has 24 heavy (non-hydrogen) atoms. The number of nitrogens with zero attached hydrogens (tertiary/aromatic N) is 1. The van der Waals surface area contributed by atoms with Gasteiger partial charge in [-0.05, 0) is 39.8 Å². The predicted octanol–water partition coefficient (Wildman–Crippen LogP) is 1.63. The first-order valence-electron chi connectivity index (χ1n) is 7.60. The minimum atomic E-state index is -1.97. The van der Waals surface area contributed by atoms with Gasteiger partial charge in [0.15, 0.2) is 12.2 Å². The largest absolute Gasteiger partial charge is 0.458 e. The van der Waals surface area contributed by atoms with E-state index >= 15 is 0 Å². The summed E-state index contributed by atoms with van der Waals surface area (Å²) in [5.74, 6) is -1.74. The molecule has 0 radical (unpaired) electrons. The van der Waals surface area contributed by atoms with Gasteiger partial charge in [0.25, 0.3) is 5.91 Å². The second kappa shape index (κ2) is 8.46. The number of hydrogen-bond acceptors (Lipinski definition) is 5. The van der Waals surface area contributed by atoms with Gasteiger partial charge in [0.1, 0.15) is 5.60 Å². The zero-order valence-corrected chi connectivity index (χ0v) is 15.1. The van der Waals surface area contributed by atoms with Gasteiger partial charge in [-0.15, -0.1) is 11.6 Å². The van der Waals surface area contributed by atoms with Gasteiger partial charge in [0.2, 0.25) is 0 Å². The molecule has 0 aliphatic carbocycles. The molecule has 0 spiro atoms. The number of carbonyl (C=O) groups excluding carboxylic acids is 2. The number of anilines is 1. The van der Waals surface area contributed by atoms with Crippen LogP contribution in [0.3, 0.4) is 0 Å². The third-order valence-electron chi connectivity index (χ3n) is 3.12. The standard InChI is InChI=1S/C17H24ClNO5/c1-11-5-7-12(8-6-11)19(10-9-18)15(22)13(20)14(21)16(23)24-17(2,3)4/h5-8,13-14,20-21H,9-10H2,1-4H3/t13-,14-/m1/s1. The Morgan fingerprint density at radius 1 is 1.17 bits per heavy atom. The summed E-state index contributed by atoms with van der Waals surface area (Å²) in [6.45, 7) is 6.90. The van der Waals surface area contributed by atoms with Crippen molar-refractivity contribution in [1.29, 1.82) is 0 Å². The van der Waals surface area contributed by atoms with Crippen LogP contribution in [0, 0.1) is 6.92 Å². The highest BCUT2D eigenvalue weighted by atomic mass is 35.5. The average Bonchev–Trinajstić information content (AvgIpc) is 2.50. The van der Waals surface area contributed by atoms with Gasteiger partial charge in [-0.2, -0.15) is 0 Å². The Morgan fingerprint density at radius 2 is 1.71 bits per heavy atom. The number of aryl methyl sites for hydroxylation is 1. The number of halogens is 1. The Labute approximate surface area is 147 Å². The van der Waals surface area contributed by atoms with Gasteiger partial charge < -0.3 is 19.8 Å². The van der Waals surface area contributed by atoms with Crippen molar-refractivity contribution in [2.75, 3.05) is 17.3 Å². The van der Waals surface area contributed by atoms with Crippen molar-refractivity contribution in [3.63, 3.8) is 0 Å². The van der Waals surface area contributed by atoms with E-state index in [0.29, 0.717) is 5.69 Å². The van der Waals surface area contributed by atoms with Crippen LogP contribution in [0.2, 0.25) is 0 Å². The molecule has 6 nitrogen and oxygen atoms in total. The summed E-state index contributed by atoms with van der Waals surface area (Å²) in [6, 6.07) is 7.01. The molecule has 1 aromatic rings. The molecule has 7 heteroatoms. The molecule has 0 aliphatic heterocycles. The van der Waals surface area contributed by atoms with E-state index in [0.717, 1.165) is 5.56 Å². The van der Waals surface area contributed by atoms with E-state index in [9.17, 15) is 19.8 Å². The van der Waals surface area contributed by atoms with Crippen LogP contribution in [0.5, 0.6) is 0 Å². The number of hydrogen-bond donors (Lipinski definition) is 2. The zero-order chi connectivity index (χ0) is 18.5. The molecule has 0 bridgehead atoms. The minimum absolute atomic E-state index is 0.127. The van der Waals surface area contributed by atoms with Crippen LogP contribution >= 0.6 is 11.6 Å². The summed E-state index contributed by atoms with van der Waals surface area (Å²) in [6.07, 6.45) is -3.91. The number of esters is 1. The predicted molar refractivity (Wildman–Crippen MR) is 92.1 cm³/mol. The summed E-state index contributed by atoms with van der Waals surface area (Å²) >= 11 is 5.73. The Balaban J connectivity index is 2.93. The maximum atomic E-state index is 12.5. The second-order valence-corrected chi connectivity index (χ2v) is 6.82. The maximum Gasteiger partial charge on any atom is 0.338 e. The van der Waals surface area contributed by atoms with Crippen molar-refractivity contribution in [1.82, 2.24) is 0 Å². The summed E-state index contributed by atoms with van der Waals surface area (Å²) in [5.41, 5.74) is 0.682. The summed E-state index contributed by atoms with van der Waals surface area (Å²) in [7, 11) is 0.